The number of aromatic nitrogens is 2. The molecule has 5 nitrogen and oxygen atoms in total. The van der Waals surface area contributed by atoms with Gasteiger partial charge in [-0.3, -0.25) is 10.4 Å². The lowest BCUT2D eigenvalue weighted by atomic mass is 10.1. The van der Waals surface area contributed by atoms with Crippen molar-refractivity contribution in [3.8, 4) is 0 Å². The topological polar surface area (TPSA) is 67.0 Å². The first-order valence-corrected chi connectivity index (χ1v) is 6.65. The second-order valence-corrected chi connectivity index (χ2v) is 4.94. The number of rotatable bonds is 5. The van der Waals surface area contributed by atoms with Crippen molar-refractivity contribution in [2.45, 2.75) is 19.5 Å². The number of carbonyl (C=O) groups is 1. The fraction of sp³-hybridized carbons (Fsp3) is 0.286. The van der Waals surface area contributed by atoms with Gasteiger partial charge in [0.2, 0.25) is 0 Å². The van der Waals surface area contributed by atoms with E-state index in [1.54, 1.807) is 12.3 Å². The summed E-state index contributed by atoms with van der Waals surface area (Å²) in [5, 5.41) is 9.75. The zero-order chi connectivity index (χ0) is 15.4. The Morgan fingerprint density at radius 1 is 1.57 bits per heavy atom. The van der Waals surface area contributed by atoms with E-state index in [-0.39, 0.29) is 5.02 Å². The Morgan fingerprint density at radius 2 is 2.33 bits per heavy atom. The second kappa shape index (κ2) is 6.69. The smallest absolute Gasteiger partial charge is 0.327 e. The molecule has 0 amide bonds. The van der Waals surface area contributed by atoms with Gasteiger partial charge < -0.3 is 4.74 Å². The van der Waals surface area contributed by atoms with Crippen LogP contribution in [-0.4, -0.2) is 23.3 Å². The fourth-order valence-electron chi connectivity index (χ4n) is 1.91. The average molecular weight is 312 g/mol. The molecule has 112 valence electrons. The van der Waals surface area contributed by atoms with E-state index in [4.69, 9.17) is 16.3 Å². The number of esters is 1. The van der Waals surface area contributed by atoms with Crippen molar-refractivity contribution in [2.24, 2.45) is 0 Å². The molecule has 1 heterocycles. The maximum atomic E-state index is 13.6. The van der Waals surface area contributed by atoms with Crippen molar-refractivity contribution in [1.29, 1.82) is 0 Å². The quantitative estimate of drug-likeness (QED) is 0.833. The van der Waals surface area contributed by atoms with Crippen LogP contribution in [0.15, 0.2) is 24.4 Å². The number of aryl methyl sites for hydroxylation is 1. The molecule has 1 unspecified atom stereocenters. The summed E-state index contributed by atoms with van der Waals surface area (Å²) in [5.41, 5.74) is 2.26. The lowest BCUT2D eigenvalue weighted by Gasteiger charge is -2.17. The van der Waals surface area contributed by atoms with Crippen LogP contribution in [0.4, 0.5) is 4.39 Å². The van der Waals surface area contributed by atoms with Crippen LogP contribution in [0.1, 0.15) is 22.9 Å². The highest BCUT2D eigenvalue weighted by Crippen LogP contribution is 2.21. The number of benzene rings is 1. The molecule has 2 N–H and O–H groups in total. The first-order valence-electron chi connectivity index (χ1n) is 6.28. The van der Waals surface area contributed by atoms with Gasteiger partial charge in [0, 0.05) is 17.8 Å². The summed E-state index contributed by atoms with van der Waals surface area (Å²) in [4.78, 5) is 11.9. The second-order valence-electron chi connectivity index (χ2n) is 4.53. The molecule has 0 bridgehead atoms. The number of methoxy groups -OCH3 is 1. The van der Waals surface area contributed by atoms with Crippen molar-refractivity contribution in [3.05, 3.63) is 52.1 Å². The molecule has 0 aliphatic rings. The first kappa shape index (κ1) is 15.5. The van der Waals surface area contributed by atoms with Crippen molar-refractivity contribution in [3.63, 3.8) is 0 Å². The molecule has 0 saturated carbocycles. The number of carbonyl (C=O) groups excluding carboxylic acids is 1. The third kappa shape index (κ3) is 3.59. The van der Waals surface area contributed by atoms with Crippen LogP contribution in [0.25, 0.3) is 0 Å². The Bertz CT molecular complexity index is 645. The van der Waals surface area contributed by atoms with Gasteiger partial charge in [-0.2, -0.15) is 5.10 Å². The van der Waals surface area contributed by atoms with Crippen LogP contribution >= 0.6 is 11.6 Å². The highest BCUT2D eigenvalue weighted by Gasteiger charge is 2.22. The van der Waals surface area contributed by atoms with Crippen LogP contribution in [0.2, 0.25) is 5.02 Å². The molecule has 2 aromatic rings. The van der Waals surface area contributed by atoms with Crippen molar-refractivity contribution < 1.29 is 13.9 Å². The minimum atomic E-state index is -0.781. The third-order valence-electron chi connectivity index (χ3n) is 3.14. The molecule has 0 aliphatic carbocycles. The minimum absolute atomic E-state index is 0.00745. The molecular weight excluding hydrogens is 297 g/mol. The van der Waals surface area contributed by atoms with Crippen LogP contribution in [-0.2, 0) is 16.1 Å². The summed E-state index contributed by atoms with van der Waals surface area (Å²) < 4.78 is 18.3. The number of hydrogen-bond donors (Lipinski definition) is 2. The molecule has 7 heteroatoms. The maximum Gasteiger partial charge on any atom is 0.327 e. The summed E-state index contributed by atoms with van der Waals surface area (Å²) in [7, 11) is 1.28. The molecule has 1 aromatic heterocycles. The zero-order valence-electron chi connectivity index (χ0n) is 11.6. The molecule has 2 rings (SSSR count). The number of halogens is 2. The van der Waals surface area contributed by atoms with E-state index in [0.717, 1.165) is 11.3 Å². The van der Waals surface area contributed by atoms with Gasteiger partial charge in [0.25, 0.3) is 0 Å². The van der Waals surface area contributed by atoms with E-state index < -0.39 is 17.8 Å². The Kier molecular flexibility index (Phi) is 4.93. The van der Waals surface area contributed by atoms with Gasteiger partial charge in [-0.25, -0.2) is 9.18 Å². The molecule has 1 aromatic carbocycles. The Hall–Kier alpha value is -1.92. The number of ether oxygens (including phenoxy) is 1. The molecule has 0 aliphatic heterocycles. The predicted molar refractivity (Wildman–Crippen MR) is 76.3 cm³/mol. The summed E-state index contributed by atoms with van der Waals surface area (Å²) in [6, 6.07) is 3.44. The normalized spacial score (nSPS) is 12.2. The van der Waals surface area contributed by atoms with Crippen molar-refractivity contribution in [1.82, 2.24) is 15.5 Å². The van der Waals surface area contributed by atoms with Gasteiger partial charge in [0.05, 0.1) is 18.3 Å². The molecule has 0 fully saturated rings. The number of H-pyrrole nitrogens is 1. The van der Waals surface area contributed by atoms with Crippen molar-refractivity contribution >= 4 is 17.6 Å². The monoisotopic (exact) mass is 311 g/mol. The Morgan fingerprint density at radius 3 is 2.90 bits per heavy atom. The first-order chi connectivity index (χ1) is 10.0. The van der Waals surface area contributed by atoms with Crippen LogP contribution in [0, 0.1) is 12.7 Å². The standard InChI is InChI=1S/C14H15ClFN3O2/c1-8-10(7-18-19-8)6-17-13(14(20)21-2)9-3-4-11(15)12(16)5-9/h3-5,7,13,17H,6H2,1-2H3,(H,18,19). The minimum Gasteiger partial charge on any atom is -0.468 e. The summed E-state index contributed by atoms with van der Waals surface area (Å²) in [5.74, 6) is -1.08. The molecule has 21 heavy (non-hydrogen) atoms. The summed E-state index contributed by atoms with van der Waals surface area (Å²) in [6.07, 6.45) is 1.67. The SMILES string of the molecule is COC(=O)C(NCc1cn[nH]c1C)c1ccc(Cl)c(F)c1. The Labute approximate surface area is 126 Å². The van der Waals surface area contributed by atoms with E-state index in [1.165, 1.54) is 19.2 Å². The van der Waals surface area contributed by atoms with Gasteiger partial charge >= 0.3 is 5.97 Å². The highest BCUT2D eigenvalue weighted by atomic mass is 35.5. The van der Waals surface area contributed by atoms with E-state index in [2.05, 4.69) is 15.5 Å². The zero-order valence-corrected chi connectivity index (χ0v) is 12.4. The van der Waals surface area contributed by atoms with Gasteiger partial charge in [0.15, 0.2) is 0 Å². The van der Waals surface area contributed by atoms with Gasteiger partial charge in [0.1, 0.15) is 11.9 Å². The van der Waals surface area contributed by atoms with E-state index >= 15 is 0 Å². The molecule has 0 saturated heterocycles. The molecular formula is C14H15ClFN3O2. The van der Waals surface area contributed by atoms with Crippen LogP contribution < -0.4 is 5.32 Å². The third-order valence-corrected chi connectivity index (χ3v) is 3.45. The Balaban J connectivity index is 2.20. The number of hydrogen-bond acceptors (Lipinski definition) is 4. The number of nitrogens with one attached hydrogen (secondary N) is 2. The van der Waals surface area contributed by atoms with Gasteiger partial charge in [-0.05, 0) is 24.6 Å². The van der Waals surface area contributed by atoms with Gasteiger partial charge in [-0.1, -0.05) is 17.7 Å². The summed E-state index contributed by atoms with van der Waals surface area (Å²) in [6.45, 7) is 2.27. The summed E-state index contributed by atoms with van der Waals surface area (Å²) >= 11 is 5.65. The lowest BCUT2D eigenvalue weighted by molar-refractivity contribution is -0.143. The molecule has 1 atom stereocenters. The highest BCUT2D eigenvalue weighted by molar-refractivity contribution is 6.30. The van der Waals surface area contributed by atoms with Gasteiger partial charge in [-0.15, -0.1) is 0 Å². The molecule has 0 radical (unpaired) electrons. The predicted octanol–water partition coefficient (Wildman–Crippen LogP) is 2.51. The fourth-order valence-corrected chi connectivity index (χ4v) is 2.03. The van der Waals surface area contributed by atoms with Crippen LogP contribution in [0.3, 0.4) is 0 Å². The van der Waals surface area contributed by atoms with E-state index in [1.807, 2.05) is 6.92 Å². The van der Waals surface area contributed by atoms with Crippen LogP contribution in [0.5, 0.6) is 0 Å². The largest absolute Gasteiger partial charge is 0.468 e. The van der Waals surface area contributed by atoms with E-state index in [0.29, 0.717) is 12.1 Å². The maximum absolute atomic E-state index is 13.6. The average Bonchev–Trinajstić information content (AvgIpc) is 2.88. The lowest BCUT2D eigenvalue weighted by Crippen LogP contribution is -2.29. The molecule has 0 spiro atoms. The van der Waals surface area contributed by atoms with Crippen molar-refractivity contribution in [2.75, 3.05) is 7.11 Å². The van der Waals surface area contributed by atoms with E-state index in [9.17, 15) is 9.18 Å². The number of aromatic amines is 1. The number of nitrogens with zero attached hydrogens (tertiary/aromatic N) is 1.